The van der Waals surface area contributed by atoms with Gasteiger partial charge in [0, 0.05) is 25.0 Å². The van der Waals surface area contributed by atoms with Crippen molar-refractivity contribution in [2.75, 3.05) is 46.3 Å². The van der Waals surface area contributed by atoms with E-state index in [0.717, 1.165) is 45.7 Å². The standard InChI is InChI=1S/C15H29N3O/c1-15(2,13-6-4-7-16-12-13)14(19)18-9-5-8-17(3)10-11-18/h13,16H,4-12H2,1-3H3. The summed E-state index contributed by atoms with van der Waals surface area (Å²) in [6, 6.07) is 0. The Morgan fingerprint density at radius 2 is 1.95 bits per heavy atom. The maximum absolute atomic E-state index is 12.9. The summed E-state index contributed by atoms with van der Waals surface area (Å²) < 4.78 is 0. The van der Waals surface area contributed by atoms with Gasteiger partial charge in [-0.3, -0.25) is 4.79 Å². The van der Waals surface area contributed by atoms with Gasteiger partial charge in [0.2, 0.25) is 5.91 Å². The second-order valence-electron chi connectivity index (χ2n) is 6.71. The highest BCUT2D eigenvalue weighted by Gasteiger charge is 2.39. The van der Waals surface area contributed by atoms with Gasteiger partial charge in [-0.15, -0.1) is 0 Å². The maximum Gasteiger partial charge on any atom is 0.228 e. The molecule has 0 radical (unpaired) electrons. The number of piperidine rings is 1. The van der Waals surface area contributed by atoms with Gasteiger partial charge >= 0.3 is 0 Å². The minimum atomic E-state index is -0.226. The average molecular weight is 267 g/mol. The molecule has 2 rings (SSSR count). The minimum Gasteiger partial charge on any atom is -0.341 e. The highest BCUT2D eigenvalue weighted by atomic mass is 16.2. The molecule has 1 atom stereocenters. The van der Waals surface area contributed by atoms with Crippen molar-refractivity contribution in [3.8, 4) is 0 Å². The molecule has 2 aliphatic heterocycles. The van der Waals surface area contributed by atoms with E-state index in [1.54, 1.807) is 0 Å². The molecule has 1 N–H and O–H groups in total. The number of hydrogen-bond donors (Lipinski definition) is 1. The van der Waals surface area contributed by atoms with Gasteiger partial charge in [0.25, 0.3) is 0 Å². The maximum atomic E-state index is 12.9. The van der Waals surface area contributed by atoms with Crippen LogP contribution in [-0.2, 0) is 4.79 Å². The van der Waals surface area contributed by atoms with Crippen LogP contribution in [0.2, 0.25) is 0 Å². The van der Waals surface area contributed by atoms with Gasteiger partial charge in [0.05, 0.1) is 0 Å². The number of nitrogens with one attached hydrogen (secondary N) is 1. The van der Waals surface area contributed by atoms with Crippen molar-refractivity contribution in [2.24, 2.45) is 11.3 Å². The van der Waals surface area contributed by atoms with Crippen molar-refractivity contribution < 1.29 is 4.79 Å². The SMILES string of the molecule is CN1CCCN(C(=O)C(C)(C)C2CCCNC2)CC1. The lowest BCUT2D eigenvalue weighted by molar-refractivity contribution is -0.143. The zero-order valence-corrected chi connectivity index (χ0v) is 12.7. The van der Waals surface area contributed by atoms with Gasteiger partial charge in [0.15, 0.2) is 0 Å². The molecule has 0 aromatic heterocycles. The lowest BCUT2D eigenvalue weighted by Gasteiger charge is -2.39. The van der Waals surface area contributed by atoms with E-state index in [1.165, 1.54) is 12.8 Å². The molecule has 0 spiro atoms. The van der Waals surface area contributed by atoms with Crippen LogP contribution in [0.15, 0.2) is 0 Å². The third-order valence-corrected chi connectivity index (χ3v) is 4.88. The zero-order valence-electron chi connectivity index (χ0n) is 12.7. The van der Waals surface area contributed by atoms with E-state index in [1.807, 2.05) is 0 Å². The molecule has 2 aliphatic rings. The van der Waals surface area contributed by atoms with E-state index in [0.29, 0.717) is 11.8 Å². The van der Waals surface area contributed by atoms with E-state index in [9.17, 15) is 4.79 Å². The summed E-state index contributed by atoms with van der Waals surface area (Å²) >= 11 is 0. The van der Waals surface area contributed by atoms with Gasteiger partial charge < -0.3 is 15.1 Å². The van der Waals surface area contributed by atoms with Gasteiger partial charge in [0.1, 0.15) is 0 Å². The van der Waals surface area contributed by atoms with Crippen LogP contribution in [0.3, 0.4) is 0 Å². The second kappa shape index (κ2) is 6.23. The molecule has 4 nitrogen and oxygen atoms in total. The largest absolute Gasteiger partial charge is 0.341 e. The summed E-state index contributed by atoms with van der Waals surface area (Å²) in [7, 11) is 2.14. The number of carbonyl (C=O) groups is 1. The van der Waals surface area contributed by atoms with Gasteiger partial charge in [-0.05, 0) is 51.9 Å². The lowest BCUT2D eigenvalue weighted by atomic mass is 9.74. The molecule has 19 heavy (non-hydrogen) atoms. The van der Waals surface area contributed by atoms with Crippen LogP contribution in [0.4, 0.5) is 0 Å². The summed E-state index contributed by atoms with van der Waals surface area (Å²) in [4.78, 5) is 17.3. The number of hydrogen-bond acceptors (Lipinski definition) is 3. The van der Waals surface area contributed by atoms with Crippen LogP contribution in [0.1, 0.15) is 33.1 Å². The molecule has 0 saturated carbocycles. The number of rotatable bonds is 2. The molecule has 0 aliphatic carbocycles. The first-order valence-electron chi connectivity index (χ1n) is 7.70. The molecule has 2 fully saturated rings. The smallest absolute Gasteiger partial charge is 0.228 e. The molecule has 0 aromatic carbocycles. The Kier molecular flexibility index (Phi) is 4.85. The zero-order chi connectivity index (χ0) is 13.9. The minimum absolute atomic E-state index is 0.226. The Labute approximate surface area is 117 Å². The first-order valence-corrected chi connectivity index (χ1v) is 7.70. The summed E-state index contributed by atoms with van der Waals surface area (Å²) in [5, 5.41) is 3.44. The van der Waals surface area contributed by atoms with Crippen molar-refractivity contribution in [1.29, 1.82) is 0 Å². The van der Waals surface area contributed by atoms with Crippen molar-refractivity contribution in [1.82, 2.24) is 15.1 Å². The predicted molar refractivity (Wildman–Crippen MR) is 78.1 cm³/mol. The molecule has 2 saturated heterocycles. The number of likely N-dealkylation sites (N-methyl/N-ethyl adjacent to an activating group) is 1. The third-order valence-electron chi connectivity index (χ3n) is 4.88. The van der Waals surface area contributed by atoms with E-state index in [4.69, 9.17) is 0 Å². The molecule has 2 heterocycles. The quantitative estimate of drug-likeness (QED) is 0.816. The fourth-order valence-electron chi connectivity index (χ4n) is 3.30. The number of carbonyl (C=O) groups excluding carboxylic acids is 1. The van der Waals surface area contributed by atoms with Crippen LogP contribution in [0.25, 0.3) is 0 Å². The monoisotopic (exact) mass is 267 g/mol. The Bertz CT molecular complexity index is 311. The summed E-state index contributed by atoms with van der Waals surface area (Å²) in [5.74, 6) is 0.839. The van der Waals surface area contributed by atoms with E-state index >= 15 is 0 Å². The predicted octanol–water partition coefficient (Wildman–Crippen LogP) is 1.18. The Balaban J connectivity index is 1.99. The van der Waals surface area contributed by atoms with E-state index in [-0.39, 0.29) is 5.41 Å². The van der Waals surface area contributed by atoms with Crippen LogP contribution in [0.5, 0.6) is 0 Å². The third kappa shape index (κ3) is 3.48. The summed E-state index contributed by atoms with van der Waals surface area (Å²) in [6.07, 6.45) is 3.48. The molecule has 0 aromatic rings. The molecule has 1 unspecified atom stereocenters. The van der Waals surface area contributed by atoms with Gasteiger partial charge in [-0.1, -0.05) is 13.8 Å². The first kappa shape index (κ1) is 14.8. The van der Waals surface area contributed by atoms with Crippen molar-refractivity contribution in [2.45, 2.75) is 33.1 Å². The average Bonchev–Trinajstić information content (AvgIpc) is 2.63. The van der Waals surface area contributed by atoms with Gasteiger partial charge in [-0.25, -0.2) is 0 Å². The van der Waals surface area contributed by atoms with E-state index in [2.05, 4.69) is 36.0 Å². The van der Waals surface area contributed by atoms with Crippen molar-refractivity contribution in [3.63, 3.8) is 0 Å². The van der Waals surface area contributed by atoms with Crippen molar-refractivity contribution >= 4 is 5.91 Å². The highest BCUT2D eigenvalue weighted by Crippen LogP contribution is 2.33. The molecule has 110 valence electrons. The van der Waals surface area contributed by atoms with Crippen LogP contribution in [-0.4, -0.2) is 62.0 Å². The normalized spacial score (nSPS) is 27.1. The topological polar surface area (TPSA) is 35.6 Å². The number of nitrogens with zero attached hydrogens (tertiary/aromatic N) is 2. The molecule has 0 bridgehead atoms. The van der Waals surface area contributed by atoms with E-state index < -0.39 is 0 Å². The summed E-state index contributed by atoms with van der Waals surface area (Å²) in [5.41, 5.74) is -0.226. The first-order chi connectivity index (χ1) is 9.01. The highest BCUT2D eigenvalue weighted by molar-refractivity contribution is 5.82. The van der Waals surface area contributed by atoms with Crippen LogP contribution >= 0.6 is 0 Å². The molecule has 4 heteroatoms. The Morgan fingerprint density at radius 3 is 2.63 bits per heavy atom. The molecule has 1 amide bonds. The Hall–Kier alpha value is -0.610. The fourth-order valence-corrected chi connectivity index (χ4v) is 3.30. The summed E-state index contributed by atoms with van der Waals surface area (Å²) in [6.45, 7) is 10.3. The fraction of sp³-hybridized carbons (Fsp3) is 0.933. The number of amides is 1. The second-order valence-corrected chi connectivity index (χ2v) is 6.71. The van der Waals surface area contributed by atoms with Crippen LogP contribution < -0.4 is 5.32 Å². The Morgan fingerprint density at radius 1 is 1.16 bits per heavy atom. The van der Waals surface area contributed by atoms with Crippen molar-refractivity contribution in [3.05, 3.63) is 0 Å². The lowest BCUT2D eigenvalue weighted by Crippen LogP contribution is -2.49. The van der Waals surface area contributed by atoms with Crippen LogP contribution in [0, 0.1) is 11.3 Å². The molecular weight excluding hydrogens is 238 g/mol. The molecular formula is C15H29N3O. The van der Waals surface area contributed by atoms with Gasteiger partial charge in [-0.2, -0.15) is 0 Å².